The number of aliphatic hydroxyl groups is 1. The van der Waals surface area contributed by atoms with Crippen molar-refractivity contribution < 1.29 is 9.90 Å². The molecule has 0 spiro atoms. The smallest absolute Gasteiger partial charge is 0.116 e. The highest BCUT2D eigenvalue weighted by Gasteiger charge is 2.07. The molecule has 0 unspecified atom stereocenters. The average Bonchev–Trinajstić information content (AvgIpc) is 2.37. The van der Waals surface area contributed by atoms with Gasteiger partial charge in [-0.25, -0.2) is 0 Å². The SMILES string of the molecule is CC=O.CCNC.CN1CCN(C)CC1.CO. The van der Waals surface area contributed by atoms with Gasteiger partial charge < -0.3 is 25.0 Å². The fourth-order valence-electron chi connectivity index (χ4n) is 0.906. The monoisotopic (exact) mass is 249 g/mol. The molecule has 0 aliphatic carbocycles. The molecule has 1 aliphatic rings. The zero-order valence-corrected chi connectivity index (χ0v) is 12.4. The first kappa shape index (κ1) is 21.8. The molecule has 5 nitrogen and oxygen atoms in total. The summed E-state index contributed by atoms with van der Waals surface area (Å²) >= 11 is 0. The van der Waals surface area contributed by atoms with Crippen molar-refractivity contribution in [1.29, 1.82) is 0 Å². The molecule has 5 heteroatoms. The minimum atomic E-state index is 0.750. The van der Waals surface area contributed by atoms with Crippen LogP contribution in [0.15, 0.2) is 0 Å². The highest BCUT2D eigenvalue weighted by atomic mass is 16.2. The summed E-state index contributed by atoms with van der Waals surface area (Å²) < 4.78 is 0. The van der Waals surface area contributed by atoms with Crippen molar-refractivity contribution in [3.8, 4) is 0 Å². The maximum atomic E-state index is 8.81. The topological polar surface area (TPSA) is 55.8 Å². The van der Waals surface area contributed by atoms with E-state index in [1.165, 1.54) is 33.1 Å². The van der Waals surface area contributed by atoms with Gasteiger partial charge in [-0.05, 0) is 34.6 Å². The lowest BCUT2D eigenvalue weighted by Crippen LogP contribution is -2.42. The van der Waals surface area contributed by atoms with Crippen molar-refractivity contribution in [2.24, 2.45) is 0 Å². The number of nitrogens with one attached hydrogen (secondary N) is 1. The van der Waals surface area contributed by atoms with Gasteiger partial charge in [0.2, 0.25) is 0 Å². The second kappa shape index (κ2) is 20.9. The second-order valence-corrected chi connectivity index (χ2v) is 3.55. The summed E-state index contributed by atoms with van der Waals surface area (Å²) in [4.78, 5) is 13.5. The van der Waals surface area contributed by atoms with Crippen LogP contribution in [0.2, 0.25) is 0 Å². The zero-order valence-electron chi connectivity index (χ0n) is 12.4. The summed E-state index contributed by atoms with van der Waals surface area (Å²) in [6.07, 6.45) is 0.750. The van der Waals surface area contributed by atoms with Crippen LogP contribution in [0.3, 0.4) is 0 Å². The van der Waals surface area contributed by atoms with Crippen LogP contribution in [0, 0.1) is 0 Å². The van der Waals surface area contributed by atoms with Crippen molar-refractivity contribution in [2.75, 3.05) is 61.0 Å². The van der Waals surface area contributed by atoms with Crippen LogP contribution in [-0.2, 0) is 4.79 Å². The Bertz CT molecular complexity index is 115. The number of hydrogen-bond donors (Lipinski definition) is 2. The number of rotatable bonds is 1. The van der Waals surface area contributed by atoms with Crippen LogP contribution >= 0.6 is 0 Å². The number of carbonyl (C=O) groups is 1. The fourth-order valence-corrected chi connectivity index (χ4v) is 0.906. The molecule has 0 aromatic carbocycles. The molecule has 0 radical (unpaired) electrons. The minimum absolute atomic E-state index is 0.750. The Labute approximate surface area is 107 Å². The molecule has 2 N–H and O–H groups in total. The fraction of sp³-hybridized carbons (Fsp3) is 0.917. The van der Waals surface area contributed by atoms with Gasteiger partial charge in [0, 0.05) is 33.3 Å². The molecule has 0 amide bonds. The lowest BCUT2D eigenvalue weighted by Gasteiger charge is -2.28. The highest BCUT2D eigenvalue weighted by Crippen LogP contribution is 1.93. The summed E-state index contributed by atoms with van der Waals surface area (Å²) in [5.74, 6) is 0. The van der Waals surface area contributed by atoms with E-state index in [2.05, 4.69) is 36.1 Å². The summed E-state index contributed by atoms with van der Waals surface area (Å²) in [6.45, 7) is 9.51. The maximum Gasteiger partial charge on any atom is 0.116 e. The number of aldehydes is 1. The summed E-state index contributed by atoms with van der Waals surface area (Å²) in [5, 5.41) is 9.93. The molecule has 106 valence electrons. The number of nitrogens with zero attached hydrogens (tertiary/aromatic N) is 2. The third kappa shape index (κ3) is 25.6. The summed E-state index contributed by atoms with van der Waals surface area (Å²) in [6, 6.07) is 0. The van der Waals surface area contributed by atoms with Gasteiger partial charge in [0.25, 0.3) is 0 Å². The van der Waals surface area contributed by atoms with Crippen molar-refractivity contribution in [3.05, 3.63) is 0 Å². The van der Waals surface area contributed by atoms with Crippen LogP contribution in [0.4, 0.5) is 0 Å². The van der Waals surface area contributed by atoms with Crippen LogP contribution in [0.1, 0.15) is 13.8 Å². The molecular weight excluding hydrogens is 218 g/mol. The molecule has 1 fully saturated rings. The van der Waals surface area contributed by atoms with Gasteiger partial charge in [0.05, 0.1) is 0 Å². The number of aliphatic hydroxyl groups excluding tert-OH is 1. The number of carbonyl (C=O) groups excluding carboxylic acids is 1. The summed E-state index contributed by atoms with van der Waals surface area (Å²) in [5.41, 5.74) is 0. The van der Waals surface area contributed by atoms with Crippen molar-refractivity contribution in [3.63, 3.8) is 0 Å². The first-order valence-electron chi connectivity index (χ1n) is 5.98. The van der Waals surface area contributed by atoms with Crippen molar-refractivity contribution in [1.82, 2.24) is 15.1 Å². The van der Waals surface area contributed by atoms with Crippen LogP contribution < -0.4 is 5.32 Å². The summed E-state index contributed by atoms with van der Waals surface area (Å²) in [7, 11) is 7.28. The van der Waals surface area contributed by atoms with Gasteiger partial charge in [-0.2, -0.15) is 0 Å². The van der Waals surface area contributed by atoms with E-state index in [4.69, 9.17) is 9.90 Å². The zero-order chi connectivity index (χ0) is 14.1. The standard InChI is InChI=1S/C6H14N2.C3H9N.C2H4O.CH4O/c1-7-3-5-8(2)6-4-7;1-3-4-2;1-2-3;1-2/h3-6H2,1-2H3;4H,3H2,1-2H3;2H,1H3;2H,1H3. The van der Waals surface area contributed by atoms with E-state index in [-0.39, 0.29) is 0 Å². The molecule has 0 aromatic rings. The Morgan fingerprint density at radius 2 is 1.29 bits per heavy atom. The molecule has 0 bridgehead atoms. The van der Waals surface area contributed by atoms with E-state index >= 15 is 0 Å². The Kier molecular flexibility index (Phi) is 26.7. The molecule has 1 rings (SSSR count). The minimum Gasteiger partial charge on any atom is -0.400 e. The van der Waals surface area contributed by atoms with E-state index in [1.807, 2.05) is 7.05 Å². The highest BCUT2D eigenvalue weighted by molar-refractivity contribution is 5.44. The van der Waals surface area contributed by atoms with E-state index in [0.717, 1.165) is 19.9 Å². The molecule has 1 heterocycles. The predicted octanol–water partition coefficient (Wildman–Crippen LogP) is -0.0970. The van der Waals surface area contributed by atoms with Gasteiger partial charge in [0.15, 0.2) is 0 Å². The molecule has 1 saturated heterocycles. The Hall–Kier alpha value is -0.490. The molecule has 1 aliphatic heterocycles. The largest absolute Gasteiger partial charge is 0.400 e. The number of piperazine rings is 1. The van der Waals surface area contributed by atoms with Crippen LogP contribution in [-0.4, -0.2) is 82.2 Å². The van der Waals surface area contributed by atoms with Crippen LogP contribution in [0.5, 0.6) is 0 Å². The first-order valence-corrected chi connectivity index (χ1v) is 5.98. The van der Waals surface area contributed by atoms with Crippen LogP contribution in [0.25, 0.3) is 0 Å². The molecule has 0 atom stereocenters. The van der Waals surface area contributed by atoms with Gasteiger partial charge in [-0.3, -0.25) is 0 Å². The first-order chi connectivity index (χ1) is 8.12. The van der Waals surface area contributed by atoms with E-state index in [1.54, 1.807) is 0 Å². The maximum absolute atomic E-state index is 8.81. The molecular formula is C12H31N3O2. The molecule has 0 aromatic heterocycles. The third-order valence-corrected chi connectivity index (χ3v) is 2.08. The Morgan fingerprint density at radius 1 is 1.12 bits per heavy atom. The predicted molar refractivity (Wildman–Crippen MR) is 74.5 cm³/mol. The van der Waals surface area contributed by atoms with Gasteiger partial charge in [-0.15, -0.1) is 0 Å². The number of likely N-dealkylation sites (N-methyl/N-ethyl adjacent to an activating group) is 2. The Balaban J connectivity index is -0.000000186. The molecule has 0 saturated carbocycles. The average molecular weight is 249 g/mol. The van der Waals surface area contributed by atoms with E-state index in [9.17, 15) is 0 Å². The van der Waals surface area contributed by atoms with Crippen molar-refractivity contribution in [2.45, 2.75) is 13.8 Å². The van der Waals surface area contributed by atoms with E-state index in [0.29, 0.717) is 0 Å². The number of hydrogen-bond acceptors (Lipinski definition) is 5. The third-order valence-electron chi connectivity index (χ3n) is 2.08. The van der Waals surface area contributed by atoms with E-state index < -0.39 is 0 Å². The second-order valence-electron chi connectivity index (χ2n) is 3.55. The van der Waals surface area contributed by atoms with Gasteiger partial charge in [0.1, 0.15) is 6.29 Å². The van der Waals surface area contributed by atoms with Gasteiger partial charge in [-0.1, -0.05) is 6.92 Å². The van der Waals surface area contributed by atoms with Gasteiger partial charge >= 0.3 is 0 Å². The lowest BCUT2D eigenvalue weighted by molar-refractivity contribution is -0.106. The lowest BCUT2D eigenvalue weighted by atomic mass is 10.4. The Morgan fingerprint density at radius 3 is 1.41 bits per heavy atom. The normalized spacial score (nSPS) is 15.2. The quantitative estimate of drug-likeness (QED) is 0.636. The molecule has 17 heavy (non-hydrogen) atoms. The van der Waals surface area contributed by atoms with Crippen molar-refractivity contribution >= 4 is 6.29 Å².